The van der Waals surface area contributed by atoms with Crippen LogP contribution >= 0.6 is 11.3 Å². The third-order valence-electron chi connectivity index (χ3n) is 2.13. The van der Waals surface area contributed by atoms with E-state index in [2.05, 4.69) is 5.32 Å². The molecule has 0 aliphatic heterocycles. The third-order valence-corrected chi connectivity index (χ3v) is 2.91. The normalized spacial score (nSPS) is 9.88. The van der Waals surface area contributed by atoms with Crippen molar-refractivity contribution >= 4 is 28.2 Å². The first-order valence-corrected chi connectivity index (χ1v) is 5.73. The molecule has 0 radical (unpaired) electrons. The second-order valence-corrected chi connectivity index (χ2v) is 4.27. The summed E-state index contributed by atoms with van der Waals surface area (Å²) in [7, 11) is 0. The van der Waals surface area contributed by atoms with Gasteiger partial charge in [-0.1, -0.05) is 6.07 Å². The molecule has 1 aromatic heterocycles. The maximum Gasteiger partial charge on any atom is 0.335 e. The molecular formula is C12H9NO3S. The van der Waals surface area contributed by atoms with Crippen LogP contribution in [0.5, 0.6) is 0 Å². The van der Waals surface area contributed by atoms with Crippen LogP contribution in [0, 0.1) is 0 Å². The van der Waals surface area contributed by atoms with E-state index in [0.29, 0.717) is 5.56 Å². The molecule has 0 bridgehead atoms. The minimum atomic E-state index is -1.05. The van der Waals surface area contributed by atoms with Crippen LogP contribution in [0.25, 0.3) is 0 Å². The van der Waals surface area contributed by atoms with Gasteiger partial charge in [-0.05, 0) is 35.7 Å². The second-order valence-electron chi connectivity index (χ2n) is 3.32. The first-order valence-electron chi connectivity index (χ1n) is 4.85. The van der Waals surface area contributed by atoms with Crippen molar-refractivity contribution in [2.45, 2.75) is 0 Å². The lowest BCUT2D eigenvalue weighted by molar-refractivity contribution is 0.0697. The quantitative estimate of drug-likeness (QED) is 0.876. The standard InChI is InChI=1S/C12H9NO3S/c14-11(13-10-5-2-6-17-10)8-3-1-4-9(7-8)12(15)16/h1-7H,(H,13,14)(H,15,16). The molecule has 0 spiro atoms. The zero-order chi connectivity index (χ0) is 12.3. The van der Waals surface area contributed by atoms with E-state index in [1.54, 1.807) is 18.2 Å². The van der Waals surface area contributed by atoms with Crippen molar-refractivity contribution in [3.8, 4) is 0 Å². The number of carbonyl (C=O) groups is 2. The lowest BCUT2D eigenvalue weighted by atomic mass is 10.1. The fraction of sp³-hybridized carbons (Fsp3) is 0. The van der Waals surface area contributed by atoms with Crippen molar-refractivity contribution < 1.29 is 14.7 Å². The van der Waals surface area contributed by atoms with Crippen molar-refractivity contribution in [2.75, 3.05) is 5.32 Å². The maximum atomic E-state index is 11.8. The Labute approximate surface area is 102 Å². The van der Waals surface area contributed by atoms with Gasteiger partial charge in [-0.15, -0.1) is 11.3 Å². The lowest BCUT2D eigenvalue weighted by Crippen LogP contribution is -2.11. The Morgan fingerprint density at radius 2 is 1.88 bits per heavy atom. The van der Waals surface area contributed by atoms with Crippen molar-refractivity contribution in [1.82, 2.24) is 0 Å². The minimum Gasteiger partial charge on any atom is -0.478 e. The van der Waals surface area contributed by atoms with Crippen LogP contribution in [0.15, 0.2) is 41.8 Å². The number of aromatic carboxylic acids is 1. The number of hydrogen-bond acceptors (Lipinski definition) is 3. The predicted octanol–water partition coefficient (Wildman–Crippen LogP) is 2.70. The summed E-state index contributed by atoms with van der Waals surface area (Å²) in [6.45, 7) is 0. The van der Waals surface area contributed by atoms with Gasteiger partial charge in [0.1, 0.15) is 0 Å². The Hall–Kier alpha value is -2.14. The van der Waals surface area contributed by atoms with Gasteiger partial charge in [0.25, 0.3) is 5.91 Å². The monoisotopic (exact) mass is 247 g/mol. The summed E-state index contributed by atoms with van der Waals surface area (Å²) in [6.07, 6.45) is 0. The zero-order valence-electron chi connectivity index (χ0n) is 8.71. The van der Waals surface area contributed by atoms with E-state index >= 15 is 0 Å². The van der Waals surface area contributed by atoms with Crippen LogP contribution in [0.4, 0.5) is 5.00 Å². The Kier molecular flexibility index (Phi) is 3.20. The van der Waals surface area contributed by atoms with E-state index in [-0.39, 0.29) is 11.5 Å². The van der Waals surface area contributed by atoms with E-state index in [9.17, 15) is 9.59 Å². The number of thiophene rings is 1. The van der Waals surface area contributed by atoms with Crippen molar-refractivity contribution in [2.24, 2.45) is 0 Å². The molecule has 1 amide bonds. The van der Waals surface area contributed by atoms with Crippen LogP contribution < -0.4 is 5.32 Å². The average molecular weight is 247 g/mol. The molecular weight excluding hydrogens is 238 g/mol. The number of amides is 1. The van der Waals surface area contributed by atoms with Gasteiger partial charge in [-0.2, -0.15) is 0 Å². The molecule has 2 rings (SSSR count). The van der Waals surface area contributed by atoms with Gasteiger partial charge in [0.2, 0.25) is 0 Å². The van der Waals surface area contributed by atoms with Gasteiger partial charge in [-0.25, -0.2) is 4.79 Å². The highest BCUT2D eigenvalue weighted by Gasteiger charge is 2.09. The summed E-state index contributed by atoms with van der Waals surface area (Å²) < 4.78 is 0. The maximum absolute atomic E-state index is 11.8. The Morgan fingerprint density at radius 3 is 2.53 bits per heavy atom. The van der Waals surface area contributed by atoms with Crippen LogP contribution in [0.1, 0.15) is 20.7 Å². The molecule has 1 aromatic carbocycles. The SMILES string of the molecule is O=C(O)c1cccc(C(=O)Nc2cccs2)c1. The highest BCUT2D eigenvalue weighted by Crippen LogP contribution is 2.16. The van der Waals surface area contributed by atoms with E-state index in [1.165, 1.54) is 23.5 Å². The summed E-state index contributed by atoms with van der Waals surface area (Å²) in [5.41, 5.74) is 0.433. The van der Waals surface area contributed by atoms with Gasteiger partial charge >= 0.3 is 5.97 Å². The fourth-order valence-corrected chi connectivity index (χ4v) is 1.94. The predicted molar refractivity (Wildman–Crippen MR) is 65.7 cm³/mol. The fourth-order valence-electron chi connectivity index (χ4n) is 1.33. The highest BCUT2D eigenvalue weighted by molar-refractivity contribution is 7.14. The number of carboxylic acids is 1. The summed E-state index contributed by atoms with van der Waals surface area (Å²) in [6, 6.07) is 9.54. The Bertz CT molecular complexity index is 549. The molecule has 0 aliphatic rings. The molecule has 1 heterocycles. The molecule has 0 saturated carbocycles. The highest BCUT2D eigenvalue weighted by atomic mass is 32.1. The number of benzene rings is 1. The van der Waals surface area contributed by atoms with Crippen molar-refractivity contribution in [3.63, 3.8) is 0 Å². The Balaban J connectivity index is 2.19. The zero-order valence-corrected chi connectivity index (χ0v) is 9.53. The number of carbonyl (C=O) groups excluding carboxylic acids is 1. The van der Waals surface area contributed by atoms with E-state index in [0.717, 1.165) is 5.00 Å². The molecule has 0 atom stereocenters. The number of hydrogen-bond donors (Lipinski definition) is 2. The summed E-state index contributed by atoms with van der Waals surface area (Å²) in [5.74, 6) is -1.36. The number of rotatable bonds is 3. The van der Waals surface area contributed by atoms with Crippen molar-refractivity contribution in [3.05, 3.63) is 52.9 Å². The summed E-state index contributed by atoms with van der Waals surface area (Å²) >= 11 is 1.41. The van der Waals surface area contributed by atoms with E-state index < -0.39 is 5.97 Å². The second kappa shape index (κ2) is 4.80. The number of anilines is 1. The van der Waals surface area contributed by atoms with Gasteiger partial charge in [0.15, 0.2) is 0 Å². The van der Waals surface area contributed by atoms with Crippen molar-refractivity contribution in [1.29, 1.82) is 0 Å². The summed E-state index contributed by atoms with van der Waals surface area (Å²) in [5, 5.41) is 14.1. The summed E-state index contributed by atoms with van der Waals surface area (Å²) in [4.78, 5) is 22.6. The molecule has 0 unspecified atom stereocenters. The molecule has 5 heteroatoms. The van der Waals surface area contributed by atoms with Crippen LogP contribution in [-0.2, 0) is 0 Å². The molecule has 2 aromatic rings. The number of carboxylic acid groups (broad SMARTS) is 1. The lowest BCUT2D eigenvalue weighted by Gasteiger charge is -2.03. The molecule has 0 fully saturated rings. The molecule has 0 aliphatic carbocycles. The van der Waals surface area contributed by atoms with E-state index in [4.69, 9.17) is 5.11 Å². The molecule has 2 N–H and O–H groups in total. The average Bonchev–Trinajstić information content (AvgIpc) is 2.82. The largest absolute Gasteiger partial charge is 0.478 e. The van der Waals surface area contributed by atoms with Crippen LogP contribution in [0.3, 0.4) is 0 Å². The smallest absolute Gasteiger partial charge is 0.335 e. The molecule has 86 valence electrons. The molecule has 4 nitrogen and oxygen atoms in total. The van der Waals surface area contributed by atoms with Gasteiger partial charge < -0.3 is 10.4 Å². The topological polar surface area (TPSA) is 66.4 Å². The molecule has 0 saturated heterocycles. The van der Waals surface area contributed by atoms with Crippen LogP contribution in [0.2, 0.25) is 0 Å². The van der Waals surface area contributed by atoms with E-state index in [1.807, 2.05) is 11.4 Å². The minimum absolute atomic E-state index is 0.101. The first-order chi connectivity index (χ1) is 8.16. The number of nitrogens with one attached hydrogen (secondary N) is 1. The Morgan fingerprint density at radius 1 is 1.12 bits per heavy atom. The van der Waals surface area contributed by atoms with Crippen LogP contribution in [-0.4, -0.2) is 17.0 Å². The van der Waals surface area contributed by atoms with Gasteiger partial charge in [0, 0.05) is 5.56 Å². The molecule has 17 heavy (non-hydrogen) atoms. The first kappa shape index (κ1) is 11.3. The third kappa shape index (κ3) is 2.70. The van der Waals surface area contributed by atoms with Gasteiger partial charge in [-0.3, -0.25) is 4.79 Å². The van der Waals surface area contributed by atoms with Gasteiger partial charge in [0.05, 0.1) is 10.6 Å².